The molecular formula is C53H77N3O4S5. The van der Waals surface area contributed by atoms with Crippen LogP contribution in [0.5, 0.6) is 0 Å². The summed E-state index contributed by atoms with van der Waals surface area (Å²) < 4.78 is 22.3. The highest BCUT2D eigenvalue weighted by Gasteiger charge is 2.13. The number of rotatable bonds is 34. The van der Waals surface area contributed by atoms with Gasteiger partial charge in [-0.25, -0.2) is 8.42 Å². The smallest absolute Gasteiger partial charge is 0.220 e. The Kier molecular flexibility index (Phi) is 31.4. The minimum Gasteiger partial charge on any atom is -0.355 e. The fourth-order valence-corrected chi connectivity index (χ4v) is 12.2. The lowest BCUT2D eigenvalue weighted by atomic mass is 10.1. The third kappa shape index (κ3) is 30.2. The van der Waals surface area contributed by atoms with Crippen LogP contribution in [0, 0.1) is 0 Å². The van der Waals surface area contributed by atoms with Crippen molar-refractivity contribution in [3.05, 3.63) is 144 Å². The Hall–Kier alpha value is -2.87. The Labute approximate surface area is 410 Å². The van der Waals surface area contributed by atoms with Gasteiger partial charge >= 0.3 is 0 Å². The van der Waals surface area contributed by atoms with Gasteiger partial charge in [0.05, 0.1) is 5.75 Å². The molecule has 0 saturated carbocycles. The zero-order valence-electron chi connectivity index (χ0n) is 39.4. The number of carbonyl (C=O) groups is 2. The van der Waals surface area contributed by atoms with E-state index in [0.717, 1.165) is 93.5 Å². The van der Waals surface area contributed by atoms with Crippen LogP contribution in [0.25, 0.3) is 0 Å². The monoisotopic (exact) mass is 979 g/mol. The summed E-state index contributed by atoms with van der Waals surface area (Å²) in [6.45, 7) is 8.31. The number of nitrogens with one attached hydrogen (secondary N) is 2. The van der Waals surface area contributed by atoms with Crippen LogP contribution < -0.4 is 10.6 Å². The van der Waals surface area contributed by atoms with Crippen molar-refractivity contribution >= 4 is 68.7 Å². The van der Waals surface area contributed by atoms with Crippen LogP contribution in [0.3, 0.4) is 0 Å². The second-order valence-corrected chi connectivity index (χ2v) is 23.4. The first kappa shape index (κ1) is 56.5. The molecule has 4 aromatic rings. The number of unbranched alkanes of at least 4 members (excludes halogenated alkanes) is 2. The van der Waals surface area contributed by atoms with Crippen molar-refractivity contribution in [1.82, 2.24) is 15.5 Å². The molecule has 4 rings (SSSR count). The summed E-state index contributed by atoms with van der Waals surface area (Å²) in [6, 6.07) is 42.7. The number of likely N-dealkylation sites (N-methyl/N-ethyl adjacent to an activating group) is 1. The number of benzene rings is 4. The molecule has 65 heavy (non-hydrogen) atoms. The molecular weight excluding hydrogens is 903 g/mol. The Bertz CT molecular complexity index is 1890. The van der Waals surface area contributed by atoms with E-state index in [1.54, 1.807) is 0 Å². The number of nitrogens with zero attached hydrogens (tertiary/aromatic N) is 1. The molecule has 0 radical (unpaired) electrons. The van der Waals surface area contributed by atoms with Gasteiger partial charge in [0, 0.05) is 72.2 Å². The Morgan fingerprint density at radius 2 is 0.892 bits per heavy atom. The van der Waals surface area contributed by atoms with Gasteiger partial charge in [0.25, 0.3) is 0 Å². The standard InChI is InChI=1S/C28H42N2OS2.C25H35NO3S3/c1-3-30(4-2)21-20-29-28(31)18-12-11-17-27(33-24-26-15-9-6-10-16-26)19-22-32-23-25-13-7-5-8-14-25;1-32(28,29)19-17-26-25(27)15-9-8-14-24(31-21-23-12-6-3-7-13-23)16-18-30-20-22-10-4-2-5-11-22/h5-10,13-16,27H,3-4,11-12,17-24H2,1-2H3,(H,29,31);2-7,10-13,24H,8-9,14-21H2,1H3,(H,26,27). The molecule has 12 heteroatoms. The number of amides is 2. The first-order valence-electron chi connectivity index (χ1n) is 23.6. The number of carbonyl (C=O) groups excluding carboxylic acids is 2. The molecule has 0 fully saturated rings. The van der Waals surface area contributed by atoms with Gasteiger partial charge in [0.15, 0.2) is 0 Å². The van der Waals surface area contributed by atoms with Crippen LogP contribution in [0.2, 0.25) is 0 Å². The van der Waals surface area contributed by atoms with E-state index in [2.05, 4.69) is 156 Å². The van der Waals surface area contributed by atoms with Crippen molar-refractivity contribution in [2.45, 2.75) is 112 Å². The zero-order chi connectivity index (χ0) is 46.6. The van der Waals surface area contributed by atoms with E-state index in [1.807, 2.05) is 41.4 Å². The predicted molar refractivity (Wildman–Crippen MR) is 288 cm³/mol. The molecule has 0 saturated heterocycles. The van der Waals surface area contributed by atoms with Crippen molar-refractivity contribution in [1.29, 1.82) is 0 Å². The summed E-state index contributed by atoms with van der Waals surface area (Å²) in [5, 5.41) is 7.02. The molecule has 0 aliphatic carbocycles. The van der Waals surface area contributed by atoms with Crippen LogP contribution in [0.15, 0.2) is 121 Å². The lowest BCUT2D eigenvalue weighted by Gasteiger charge is -2.18. The van der Waals surface area contributed by atoms with Crippen LogP contribution in [-0.2, 0) is 42.4 Å². The maximum absolute atomic E-state index is 12.2. The molecule has 2 amide bonds. The van der Waals surface area contributed by atoms with E-state index >= 15 is 0 Å². The second kappa shape index (κ2) is 36.2. The van der Waals surface area contributed by atoms with E-state index < -0.39 is 9.84 Å². The predicted octanol–water partition coefficient (Wildman–Crippen LogP) is 12.0. The van der Waals surface area contributed by atoms with Crippen LogP contribution in [0.1, 0.15) is 100 Å². The van der Waals surface area contributed by atoms with Gasteiger partial charge < -0.3 is 15.5 Å². The molecule has 0 aliphatic heterocycles. The third-order valence-electron chi connectivity index (χ3n) is 10.8. The highest BCUT2D eigenvalue weighted by atomic mass is 32.2. The van der Waals surface area contributed by atoms with Crippen molar-refractivity contribution in [3.8, 4) is 0 Å². The third-order valence-corrected chi connectivity index (χ3v) is 16.8. The molecule has 0 heterocycles. The van der Waals surface area contributed by atoms with Crippen molar-refractivity contribution in [2.75, 3.05) is 56.2 Å². The maximum Gasteiger partial charge on any atom is 0.220 e. The van der Waals surface area contributed by atoms with E-state index in [4.69, 9.17) is 0 Å². The van der Waals surface area contributed by atoms with Gasteiger partial charge in [-0.05, 0) is 85.4 Å². The van der Waals surface area contributed by atoms with E-state index in [-0.39, 0.29) is 24.1 Å². The molecule has 2 N–H and O–H groups in total. The summed E-state index contributed by atoms with van der Waals surface area (Å²) >= 11 is 8.12. The van der Waals surface area contributed by atoms with Gasteiger partial charge in [-0.2, -0.15) is 47.0 Å². The van der Waals surface area contributed by atoms with Crippen LogP contribution in [-0.4, -0.2) is 91.9 Å². The quantitative estimate of drug-likeness (QED) is 0.0444. The first-order chi connectivity index (χ1) is 31.6. The molecule has 4 aromatic carbocycles. The minimum absolute atomic E-state index is 0.00239. The van der Waals surface area contributed by atoms with Gasteiger partial charge in [-0.15, -0.1) is 0 Å². The molecule has 2 atom stereocenters. The average Bonchev–Trinajstić information content (AvgIpc) is 3.32. The van der Waals surface area contributed by atoms with Crippen molar-refractivity contribution in [3.63, 3.8) is 0 Å². The SMILES string of the molecule is CCN(CC)CCNC(=O)CCCCC(CCSCc1ccccc1)SCc1ccccc1.CS(=O)(=O)CCNC(=O)CCCCC(CCSCc1ccccc1)SCc1ccccc1. The zero-order valence-corrected chi connectivity index (χ0v) is 43.5. The van der Waals surface area contributed by atoms with Gasteiger partial charge in [0.2, 0.25) is 11.8 Å². The maximum atomic E-state index is 12.2. The Morgan fingerprint density at radius 3 is 1.26 bits per heavy atom. The van der Waals surface area contributed by atoms with Gasteiger partial charge in [-0.1, -0.05) is 148 Å². The molecule has 2 unspecified atom stereocenters. The van der Waals surface area contributed by atoms with Crippen molar-refractivity contribution in [2.24, 2.45) is 0 Å². The van der Waals surface area contributed by atoms with Gasteiger partial charge in [-0.3, -0.25) is 9.59 Å². The molecule has 0 spiro atoms. The highest BCUT2D eigenvalue weighted by Crippen LogP contribution is 2.29. The van der Waals surface area contributed by atoms with E-state index in [0.29, 0.717) is 23.3 Å². The highest BCUT2D eigenvalue weighted by molar-refractivity contribution is 8.00. The second-order valence-electron chi connectivity index (χ2n) is 16.3. The lowest BCUT2D eigenvalue weighted by molar-refractivity contribution is -0.122. The Balaban J connectivity index is 0.000000345. The molecule has 0 aliphatic rings. The van der Waals surface area contributed by atoms with E-state index in [9.17, 15) is 18.0 Å². The van der Waals surface area contributed by atoms with Crippen LogP contribution >= 0.6 is 47.0 Å². The first-order valence-corrected chi connectivity index (χ1v) is 30.1. The minimum atomic E-state index is -3.03. The largest absolute Gasteiger partial charge is 0.355 e. The van der Waals surface area contributed by atoms with Gasteiger partial charge in [0.1, 0.15) is 9.84 Å². The average molecular weight is 981 g/mol. The summed E-state index contributed by atoms with van der Waals surface area (Å²) in [6.07, 6.45) is 10.9. The fraction of sp³-hybridized carbons (Fsp3) is 0.509. The molecule has 358 valence electrons. The summed E-state index contributed by atoms with van der Waals surface area (Å²) in [5.41, 5.74) is 5.53. The molecule has 0 aromatic heterocycles. The fourth-order valence-electron chi connectivity index (χ4n) is 6.92. The number of sulfone groups is 1. The summed E-state index contributed by atoms with van der Waals surface area (Å²) in [7, 11) is -3.03. The number of hydrogen-bond donors (Lipinski definition) is 2. The van der Waals surface area contributed by atoms with Crippen LogP contribution in [0.4, 0.5) is 0 Å². The Morgan fingerprint density at radius 1 is 0.523 bits per heavy atom. The molecule has 7 nitrogen and oxygen atoms in total. The number of thioether (sulfide) groups is 4. The lowest BCUT2D eigenvalue weighted by Crippen LogP contribution is -2.34. The topological polar surface area (TPSA) is 95.6 Å². The van der Waals surface area contributed by atoms with E-state index in [1.165, 1.54) is 47.1 Å². The molecule has 0 bridgehead atoms. The number of hydrogen-bond acceptors (Lipinski definition) is 9. The van der Waals surface area contributed by atoms with Crippen molar-refractivity contribution < 1.29 is 18.0 Å². The normalized spacial score (nSPS) is 12.2. The summed E-state index contributed by atoms with van der Waals surface area (Å²) in [4.78, 5) is 26.4. The summed E-state index contributed by atoms with van der Waals surface area (Å²) in [5.74, 6) is 6.68.